The number of anilines is 3. The Morgan fingerprint density at radius 1 is 1.12 bits per heavy atom. The quantitative estimate of drug-likeness (QED) is 0.149. The third-order valence-electron chi connectivity index (χ3n) is 5.53. The van der Waals surface area contributed by atoms with E-state index in [2.05, 4.69) is 36.6 Å². The molecule has 2 N–H and O–H groups in total. The Balaban J connectivity index is 1.43. The number of halogens is 3. The van der Waals surface area contributed by atoms with Crippen LogP contribution in [0.1, 0.15) is 27.2 Å². The van der Waals surface area contributed by atoms with Gasteiger partial charge >= 0.3 is 6.18 Å². The number of rotatable bonds is 8. The summed E-state index contributed by atoms with van der Waals surface area (Å²) in [4.78, 5) is 29.2. The van der Waals surface area contributed by atoms with Crippen LogP contribution in [0.4, 0.5) is 30.5 Å². The second-order valence-electron chi connectivity index (χ2n) is 8.54. The molecule has 0 aliphatic heterocycles. The first-order valence-electron chi connectivity index (χ1n) is 12.2. The maximum Gasteiger partial charge on any atom is 0.416 e. The number of nitrogens with one attached hydrogen (secondary N) is 2. The van der Waals surface area contributed by atoms with Gasteiger partial charge in [-0.1, -0.05) is 24.6 Å². The molecule has 206 valence electrons. The van der Waals surface area contributed by atoms with Crippen molar-refractivity contribution in [2.75, 3.05) is 10.6 Å². The van der Waals surface area contributed by atoms with Gasteiger partial charge in [-0.25, -0.2) is 9.97 Å². The van der Waals surface area contributed by atoms with Crippen LogP contribution in [0.3, 0.4) is 0 Å². The average molecular weight is 557 g/mol. The number of amides is 1. The van der Waals surface area contributed by atoms with Gasteiger partial charge in [0.25, 0.3) is 5.91 Å². The van der Waals surface area contributed by atoms with Crippen molar-refractivity contribution in [2.24, 2.45) is 4.99 Å². The molecule has 2 heterocycles. The molecular formula is C30H23F3N6O2. The van der Waals surface area contributed by atoms with Crippen LogP contribution in [0.5, 0.6) is 5.75 Å². The first-order chi connectivity index (χ1) is 19.7. The monoisotopic (exact) mass is 556 g/mol. The maximum atomic E-state index is 13.0. The third-order valence-corrected chi connectivity index (χ3v) is 5.53. The van der Waals surface area contributed by atoms with E-state index in [1.807, 2.05) is 6.92 Å². The lowest BCUT2D eigenvalue weighted by molar-refractivity contribution is -0.137. The molecule has 0 unspecified atom stereocenters. The number of hydrogen-bond acceptors (Lipinski definition) is 7. The minimum absolute atomic E-state index is 0.111. The van der Waals surface area contributed by atoms with Crippen molar-refractivity contribution in [2.45, 2.75) is 19.5 Å². The summed E-state index contributed by atoms with van der Waals surface area (Å²) in [5.74, 6) is 0.344. The van der Waals surface area contributed by atoms with E-state index in [1.165, 1.54) is 18.3 Å². The van der Waals surface area contributed by atoms with Crippen LogP contribution in [0.15, 0.2) is 96.4 Å². The number of carbonyl (C=O) groups is 1. The number of alkyl halides is 3. The Bertz CT molecular complexity index is 1630. The van der Waals surface area contributed by atoms with E-state index in [-0.39, 0.29) is 11.5 Å². The van der Waals surface area contributed by atoms with Gasteiger partial charge in [0.1, 0.15) is 5.75 Å². The van der Waals surface area contributed by atoms with Crippen molar-refractivity contribution in [3.63, 3.8) is 0 Å². The summed E-state index contributed by atoms with van der Waals surface area (Å²) in [6.07, 6.45) is 9.34. The molecule has 11 heteroatoms. The first-order valence-corrected chi connectivity index (χ1v) is 12.2. The fourth-order valence-electron chi connectivity index (χ4n) is 3.53. The molecule has 0 aliphatic rings. The van der Waals surface area contributed by atoms with Crippen molar-refractivity contribution >= 4 is 29.1 Å². The Hall–Kier alpha value is -5.50. The standard InChI is InChI=1S/C30H23F3N6O2/c1-3-35-27(41-25-10-6-15-34-19-25)11-5-9-23-14-16-36-29(38-23)39-26-18-24(13-12-20(26)2)37-28(40)21-7-4-8-22(17-21)30(31,32)33/h1,4-8,10-19H,9H2,2H3,(H,37,40)(H,36,38,39)/b11-5-,35-27?. The van der Waals surface area contributed by atoms with Crippen LogP contribution in [-0.2, 0) is 12.6 Å². The van der Waals surface area contributed by atoms with Gasteiger partial charge in [-0.3, -0.25) is 9.78 Å². The number of carbonyl (C=O) groups excluding carboxylic acids is 1. The molecular weight excluding hydrogens is 533 g/mol. The molecule has 0 atom stereocenters. The van der Waals surface area contributed by atoms with Crippen molar-refractivity contribution in [1.29, 1.82) is 0 Å². The molecule has 8 nitrogen and oxygen atoms in total. The number of terminal acetylenes is 1. The normalized spacial score (nSPS) is 11.6. The number of aryl methyl sites for hydroxylation is 1. The van der Waals surface area contributed by atoms with E-state index in [1.54, 1.807) is 60.9 Å². The number of pyridine rings is 1. The lowest BCUT2D eigenvalue weighted by Crippen LogP contribution is -2.14. The molecule has 0 aliphatic carbocycles. The summed E-state index contributed by atoms with van der Waals surface area (Å²) in [5.41, 5.74) is 1.50. The topological polar surface area (TPSA) is 101 Å². The SMILES string of the molecule is C#CN=C(/C=C\Cc1ccnc(Nc2cc(NC(=O)c3cccc(C(F)(F)F)c3)ccc2C)n1)Oc1cccnc1. The predicted molar refractivity (Wildman–Crippen MR) is 150 cm³/mol. The lowest BCUT2D eigenvalue weighted by atomic mass is 10.1. The van der Waals surface area contributed by atoms with E-state index >= 15 is 0 Å². The predicted octanol–water partition coefficient (Wildman–Crippen LogP) is 6.36. The van der Waals surface area contributed by atoms with Crippen molar-refractivity contribution in [3.05, 3.63) is 114 Å². The number of hydrogen-bond donors (Lipinski definition) is 2. The number of nitrogens with zero attached hydrogens (tertiary/aromatic N) is 4. The molecule has 4 aromatic rings. The Morgan fingerprint density at radius 3 is 2.73 bits per heavy atom. The Kier molecular flexibility index (Phi) is 9.06. The average Bonchev–Trinajstić information content (AvgIpc) is 2.95. The van der Waals surface area contributed by atoms with Gasteiger partial charge in [0.05, 0.1) is 11.8 Å². The molecule has 0 saturated heterocycles. The van der Waals surface area contributed by atoms with Gasteiger partial charge in [-0.05, 0) is 67.1 Å². The number of aliphatic imine (C=N–C) groups is 1. The summed E-state index contributed by atoms with van der Waals surface area (Å²) in [6, 6.07) is 16.7. The third kappa shape index (κ3) is 8.24. The summed E-state index contributed by atoms with van der Waals surface area (Å²) in [7, 11) is 0. The highest BCUT2D eigenvalue weighted by molar-refractivity contribution is 6.04. The van der Waals surface area contributed by atoms with Crippen LogP contribution >= 0.6 is 0 Å². The molecule has 0 spiro atoms. The van der Waals surface area contributed by atoms with Crippen LogP contribution in [0.2, 0.25) is 0 Å². The zero-order valence-electron chi connectivity index (χ0n) is 21.7. The highest BCUT2D eigenvalue weighted by Crippen LogP contribution is 2.30. The fourth-order valence-corrected chi connectivity index (χ4v) is 3.53. The number of allylic oxidation sites excluding steroid dienone is 1. The largest absolute Gasteiger partial charge is 0.437 e. The summed E-state index contributed by atoms with van der Waals surface area (Å²) in [6.45, 7) is 1.85. The summed E-state index contributed by atoms with van der Waals surface area (Å²) >= 11 is 0. The van der Waals surface area contributed by atoms with Gasteiger partial charge < -0.3 is 15.4 Å². The van der Waals surface area contributed by atoms with Gasteiger partial charge in [-0.15, -0.1) is 0 Å². The van der Waals surface area contributed by atoms with Gasteiger partial charge in [-0.2, -0.15) is 18.2 Å². The van der Waals surface area contributed by atoms with Crippen molar-refractivity contribution in [3.8, 4) is 18.2 Å². The number of benzene rings is 2. The molecule has 0 radical (unpaired) electrons. The molecule has 1 amide bonds. The molecule has 0 fully saturated rings. The fraction of sp³-hybridized carbons (Fsp3) is 0.100. The lowest BCUT2D eigenvalue weighted by Gasteiger charge is -2.13. The highest BCUT2D eigenvalue weighted by Gasteiger charge is 2.30. The van der Waals surface area contributed by atoms with Crippen LogP contribution < -0.4 is 15.4 Å². The molecule has 0 bridgehead atoms. The van der Waals surface area contributed by atoms with Crippen molar-refractivity contribution in [1.82, 2.24) is 15.0 Å². The van der Waals surface area contributed by atoms with Gasteiger partial charge in [0, 0.05) is 47.5 Å². The van der Waals surface area contributed by atoms with Crippen LogP contribution in [-0.4, -0.2) is 26.8 Å². The Labute approximate surface area is 234 Å². The molecule has 41 heavy (non-hydrogen) atoms. The minimum Gasteiger partial charge on any atom is -0.437 e. The van der Waals surface area contributed by atoms with E-state index in [4.69, 9.17) is 11.2 Å². The van der Waals surface area contributed by atoms with Crippen LogP contribution in [0.25, 0.3) is 0 Å². The summed E-state index contributed by atoms with van der Waals surface area (Å²) in [5, 5.41) is 5.75. The van der Waals surface area contributed by atoms with E-state index in [9.17, 15) is 18.0 Å². The smallest absolute Gasteiger partial charge is 0.416 e. The zero-order valence-corrected chi connectivity index (χ0v) is 21.7. The maximum absolute atomic E-state index is 13.0. The van der Waals surface area contributed by atoms with Crippen LogP contribution in [0, 0.1) is 19.4 Å². The first kappa shape index (κ1) is 28.5. The molecule has 2 aromatic carbocycles. The second kappa shape index (κ2) is 13.0. The summed E-state index contributed by atoms with van der Waals surface area (Å²) < 4.78 is 44.7. The highest BCUT2D eigenvalue weighted by atomic mass is 19.4. The number of ether oxygens (including phenoxy) is 1. The minimum atomic E-state index is -4.55. The second-order valence-corrected chi connectivity index (χ2v) is 8.54. The van der Waals surface area contributed by atoms with E-state index < -0.39 is 17.6 Å². The molecule has 0 saturated carbocycles. The Morgan fingerprint density at radius 2 is 1.98 bits per heavy atom. The van der Waals surface area contributed by atoms with Crippen molar-refractivity contribution < 1.29 is 22.7 Å². The number of aromatic nitrogens is 3. The zero-order chi connectivity index (χ0) is 29.2. The molecule has 2 aromatic heterocycles. The molecule has 4 rings (SSSR count). The van der Waals surface area contributed by atoms with E-state index in [0.29, 0.717) is 35.2 Å². The van der Waals surface area contributed by atoms with E-state index in [0.717, 1.165) is 17.7 Å². The van der Waals surface area contributed by atoms with Gasteiger partial charge in [0.15, 0.2) is 0 Å². The van der Waals surface area contributed by atoms with Gasteiger partial charge in [0.2, 0.25) is 11.8 Å².